The Balaban J connectivity index is 0.00000144. The Morgan fingerprint density at radius 3 is 2.71 bits per heavy atom. The molecular formula is C13H21ClN2O. The molecule has 0 radical (unpaired) electrons. The van der Waals surface area contributed by atoms with Gasteiger partial charge in [0.25, 0.3) is 0 Å². The number of hydrogen-bond acceptors (Lipinski definition) is 3. The first-order valence-electron chi connectivity index (χ1n) is 5.75. The molecule has 0 aliphatic carbocycles. The zero-order valence-corrected chi connectivity index (χ0v) is 11.2. The number of halogens is 1. The lowest BCUT2D eigenvalue weighted by Gasteiger charge is -2.37. The summed E-state index contributed by atoms with van der Waals surface area (Å²) in [5, 5.41) is 9.84. The van der Waals surface area contributed by atoms with Crippen molar-refractivity contribution in [3.63, 3.8) is 0 Å². The molecule has 1 atom stereocenters. The van der Waals surface area contributed by atoms with Crippen molar-refractivity contribution in [1.29, 1.82) is 0 Å². The standard InChI is InChI=1S/C13H20N2O.ClH/c1-13(2,14)9-15-8-11(16)7-10-5-3-4-6-12(10)15;/h3-6,11,16H,7-9,14H2,1-2H3;1H. The second-order valence-corrected chi connectivity index (χ2v) is 5.36. The van der Waals surface area contributed by atoms with Gasteiger partial charge in [-0.15, -0.1) is 12.4 Å². The number of β-amino-alcohol motifs (C(OH)–C–C–N with tert-alkyl or cyclic N) is 1. The second kappa shape index (κ2) is 5.25. The van der Waals surface area contributed by atoms with Crippen LogP contribution in [-0.2, 0) is 6.42 Å². The lowest BCUT2D eigenvalue weighted by molar-refractivity contribution is 0.173. The summed E-state index contributed by atoms with van der Waals surface area (Å²) < 4.78 is 0. The summed E-state index contributed by atoms with van der Waals surface area (Å²) >= 11 is 0. The van der Waals surface area contributed by atoms with Gasteiger partial charge in [0.05, 0.1) is 6.10 Å². The summed E-state index contributed by atoms with van der Waals surface area (Å²) in [5.74, 6) is 0. The molecule has 17 heavy (non-hydrogen) atoms. The molecule has 1 heterocycles. The molecule has 1 aromatic rings. The van der Waals surface area contributed by atoms with E-state index in [0.29, 0.717) is 6.54 Å². The first kappa shape index (κ1) is 14.3. The van der Waals surface area contributed by atoms with Crippen LogP contribution in [0.15, 0.2) is 24.3 Å². The number of benzene rings is 1. The highest BCUT2D eigenvalue weighted by Gasteiger charge is 2.25. The van der Waals surface area contributed by atoms with Crippen LogP contribution < -0.4 is 10.6 Å². The molecule has 96 valence electrons. The summed E-state index contributed by atoms with van der Waals surface area (Å²) in [6, 6.07) is 8.23. The average molecular weight is 257 g/mol. The van der Waals surface area contributed by atoms with Gasteiger partial charge in [0, 0.05) is 30.7 Å². The lowest BCUT2D eigenvalue weighted by atomic mass is 9.97. The third-order valence-electron chi connectivity index (χ3n) is 2.82. The van der Waals surface area contributed by atoms with E-state index in [1.165, 1.54) is 11.3 Å². The van der Waals surface area contributed by atoms with Crippen LogP contribution in [0.5, 0.6) is 0 Å². The number of nitrogens with two attached hydrogens (primary N) is 1. The number of aliphatic hydroxyl groups is 1. The van der Waals surface area contributed by atoms with Crippen molar-refractivity contribution >= 4 is 18.1 Å². The Kier molecular flexibility index (Phi) is 4.42. The molecule has 0 spiro atoms. The Labute approximate surface area is 109 Å². The number of rotatable bonds is 2. The normalized spacial score (nSPS) is 19.5. The van der Waals surface area contributed by atoms with E-state index in [4.69, 9.17) is 5.73 Å². The molecule has 0 amide bonds. The first-order chi connectivity index (χ1) is 7.46. The first-order valence-corrected chi connectivity index (χ1v) is 5.75. The zero-order chi connectivity index (χ0) is 11.8. The zero-order valence-electron chi connectivity index (χ0n) is 10.4. The minimum absolute atomic E-state index is 0. The predicted molar refractivity (Wildman–Crippen MR) is 73.9 cm³/mol. The molecule has 0 fully saturated rings. The largest absolute Gasteiger partial charge is 0.391 e. The van der Waals surface area contributed by atoms with Crippen molar-refractivity contribution < 1.29 is 5.11 Å². The molecule has 0 bridgehead atoms. The van der Waals surface area contributed by atoms with Gasteiger partial charge in [-0.1, -0.05) is 18.2 Å². The summed E-state index contributed by atoms with van der Waals surface area (Å²) in [6.45, 7) is 5.46. The molecular weight excluding hydrogens is 236 g/mol. The molecule has 1 aliphatic rings. The smallest absolute Gasteiger partial charge is 0.0756 e. The van der Waals surface area contributed by atoms with Crippen LogP contribution in [0.3, 0.4) is 0 Å². The van der Waals surface area contributed by atoms with Gasteiger partial charge in [-0.05, 0) is 25.5 Å². The fourth-order valence-corrected chi connectivity index (χ4v) is 2.30. The monoisotopic (exact) mass is 256 g/mol. The van der Waals surface area contributed by atoms with Crippen LogP contribution in [0, 0.1) is 0 Å². The van der Waals surface area contributed by atoms with Crippen LogP contribution in [0.1, 0.15) is 19.4 Å². The van der Waals surface area contributed by atoms with Crippen molar-refractivity contribution in [3.05, 3.63) is 29.8 Å². The highest BCUT2D eigenvalue weighted by molar-refractivity contribution is 5.85. The molecule has 3 nitrogen and oxygen atoms in total. The number of nitrogens with zero attached hydrogens (tertiary/aromatic N) is 1. The Bertz CT molecular complexity index is 376. The number of anilines is 1. The van der Waals surface area contributed by atoms with Crippen LogP contribution in [0.4, 0.5) is 5.69 Å². The van der Waals surface area contributed by atoms with E-state index in [9.17, 15) is 5.11 Å². The summed E-state index contributed by atoms with van der Waals surface area (Å²) in [4.78, 5) is 2.18. The summed E-state index contributed by atoms with van der Waals surface area (Å²) in [7, 11) is 0. The van der Waals surface area contributed by atoms with Gasteiger partial charge in [-0.3, -0.25) is 0 Å². The Hall–Kier alpha value is -0.770. The van der Waals surface area contributed by atoms with Crippen LogP contribution in [0.25, 0.3) is 0 Å². The fraction of sp³-hybridized carbons (Fsp3) is 0.538. The van der Waals surface area contributed by atoms with E-state index in [0.717, 1.165) is 13.0 Å². The maximum absolute atomic E-state index is 9.84. The average Bonchev–Trinajstić information content (AvgIpc) is 2.14. The molecule has 3 N–H and O–H groups in total. The third-order valence-corrected chi connectivity index (χ3v) is 2.82. The molecule has 1 unspecified atom stereocenters. The van der Waals surface area contributed by atoms with E-state index in [1.54, 1.807) is 0 Å². The SMILES string of the molecule is CC(C)(N)CN1CC(O)Cc2ccccc21.Cl. The van der Waals surface area contributed by atoms with Crippen LogP contribution >= 0.6 is 12.4 Å². The van der Waals surface area contributed by atoms with Gasteiger partial charge in [0.1, 0.15) is 0 Å². The number of hydrogen-bond donors (Lipinski definition) is 2. The van der Waals surface area contributed by atoms with E-state index >= 15 is 0 Å². The number of fused-ring (bicyclic) bond motifs is 1. The third kappa shape index (κ3) is 3.60. The molecule has 2 rings (SSSR count). The minimum Gasteiger partial charge on any atom is -0.391 e. The second-order valence-electron chi connectivity index (χ2n) is 5.36. The van der Waals surface area contributed by atoms with Gasteiger partial charge in [0.2, 0.25) is 0 Å². The van der Waals surface area contributed by atoms with Gasteiger partial charge in [-0.25, -0.2) is 0 Å². The van der Waals surface area contributed by atoms with Crippen molar-refractivity contribution in [2.24, 2.45) is 5.73 Å². The maximum Gasteiger partial charge on any atom is 0.0756 e. The summed E-state index contributed by atoms with van der Waals surface area (Å²) in [5.41, 5.74) is 8.23. The number of para-hydroxylation sites is 1. The number of aliphatic hydroxyl groups excluding tert-OH is 1. The highest BCUT2D eigenvalue weighted by Crippen LogP contribution is 2.27. The van der Waals surface area contributed by atoms with Crippen molar-refractivity contribution in [2.45, 2.75) is 31.9 Å². The Morgan fingerprint density at radius 2 is 2.06 bits per heavy atom. The molecule has 1 aromatic carbocycles. The van der Waals surface area contributed by atoms with Gasteiger partial charge in [-0.2, -0.15) is 0 Å². The van der Waals surface area contributed by atoms with E-state index < -0.39 is 0 Å². The van der Waals surface area contributed by atoms with Gasteiger partial charge >= 0.3 is 0 Å². The quantitative estimate of drug-likeness (QED) is 0.845. The van der Waals surface area contributed by atoms with Gasteiger partial charge in [0.15, 0.2) is 0 Å². The van der Waals surface area contributed by atoms with E-state index in [2.05, 4.69) is 17.0 Å². The minimum atomic E-state index is -0.280. The van der Waals surface area contributed by atoms with Crippen molar-refractivity contribution in [3.8, 4) is 0 Å². The van der Waals surface area contributed by atoms with E-state index in [1.807, 2.05) is 26.0 Å². The summed E-state index contributed by atoms with van der Waals surface area (Å²) in [6.07, 6.45) is 0.467. The topological polar surface area (TPSA) is 49.5 Å². The highest BCUT2D eigenvalue weighted by atomic mass is 35.5. The maximum atomic E-state index is 9.84. The predicted octanol–water partition coefficient (Wildman–Crippen LogP) is 1.57. The van der Waals surface area contributed by atoms with E-state index in [-0.39, 0.29) is 24.0 Å². The molecule has 1 aliphatic heterocycles. The molecule has 0 aromatic heterocycles. The molecule has 0 saturated carbocycles. The van der Waals surface area contributed by atoms with Crippen molar-refractivity contribution in [1.82, 2.24) is 0 Å². The molecule has 4 heteroatoms. The fourth-order valence-electron chi connectivity index (χ4n) is 2.30. The van der Waals surface area contributed by atoms with Crippen LogP contribution in [-0.4, -0.2) is 29.8 Å². The van der Waals surface area contributed by atoms with Crippen LogP contribution in [0.2, 0.25) is 0 Å². The van der Waals surface area contributed by atoms with Gasteiger partial charge < -0.3 is 15.7 Å². The van der Waals surface area contributed by atoms with Crippen molar-refractivity contribution in [2.75, 3.05) is 18.0 Å². The molecule has 0 saturated heterocycles. The Morgan fingerprint density at radius 1 is 1.41 bits per heavy atom. The lowest BCUT2D eigenvalue weighted by Crippen LogP contribution is -2.49.